The highest BCUT2D eigenvalue weighted by Gasteiger charge is 2.45. The molecule has 1 fully saturated rings. The van der Waals surface area contributed by atoms with Gasteiger partial charge in [-0.05, 0) is 78.6 Å². The molecule has 3 aromatic rings. The molecule has 2 aliphatic rings. The van der Waals surface area contributed by atoms with E-state index in [1.165, 1.54) is 11.0 Å². The fourth-order valence-electron chi connectivity index (χ4n) is 5.10. The summed E-state index contributed by atoms with van der Waals surface area (Å²) in [6.45, 7) is 25.6. The van der Waals surface area contributed by atoms with E-state index in [4.69, 9.17) is 18.4 Å². The van der Waals surface area contributed by atoms with Gasteiger partial charge in [-0.3, -0.25) is 15.2 Å². The van der Waals surface area contributed by atoms with Crippen molar-refractivity contribution in [2.24, 2.45) is 0 Å². The average molecular weight is 710 g/mol. The minimum atomic E-state index is -2.07. The smallest absolute Gasteiger partial charge is 0.414 e. The Kier molecular flexibility index (Phi) is 10.1. The lowest BCUT2D eigenvalue weighted by Crippen LogP contribution is -2.51. The molecule has 2 aromatic carbocycles. The van der Waals surface area contributed by atoms with Gasteiger partial charge >= 0.3 is 6.09 Å². The molecule has 0 aliphatic carbocycles. The third-order valence-electron chi connectivity index (χ3n) is 10.4. The summed E-state index contributed by atoms with van der Waals surface area (Å²) in [6, 6.07) is 12.5. The van der Waals surface area contributed by atoms with Crippen LogP contribution in [0.4, 0.5) is 14.9 Å². The Morgan fingerprint density at radius 3 is 2.08 bits per heavy atom. The van der Waals surface area contributed by atoms with Gasteiger partial charge in [0, 0.05) is 11.8 Å². The van der Waals surface area contributed by atoms with Gasteiger partial charge in [-0.25, -0.2) is 13.9 Å². The zero-order chi connectivity index (χ0) is 36.0. The molecule has 1 saturated heterocycles. The van der Waals surface area contributed by atoms with Gasteiger partial charge in [0.1, 0.15) is 11.9 Å². The van der Waals surface area contributed by atoms with Crippen molar-refractivity contribution in [1.29, 1.82) is 0 Å². The molecule has 0 radical (unpaired) electrons. The minimum absolute atomic E-state index is 0.0500. The third-order valence-corrected chi connectivity index (χ3v) is 19.4. The first-order chi connectivity index (χ1) is 22.7. The van der Waals surface area contributed by atoms with Crippen LogP contribution in [0, 0.1) is 12.7 Å². The molecule has 1 atom stereocenters. The molecule has 1 aromatic heterocycles. The number of hydrogen-bond donors (Lipinski definition) is 1. The van der Waals surface area contributed by atoms with E-state index in [9.17, 15) is 4.79 Å². The van der Waals surface area contributed by atoms with Crippen LogP contribution in [0.1, 0.15) is 52.8 Å². The van der Waals surface area contributed by atoms with Crippen molar-refractivity contribution in [3.8, 4) is 11.1 Å². The van der Waals surface area contributed by atoms with Gasteiger partial charge in [-0.15, -0.1) is 5.10 Å². The number of benzene rings is 2. The molecular weight excluding hydrogens is 658 g/mol. The zero-order valence-electron chi connectivity index (χ0n) is 30.8. The summed E-state index contributed by atoms with van der Waals surface area (Å²) in [5.41, 5.74) is 6.42. The maximum Gasteiger partial charge on any atom is 0.414 e. The number of ether oxygens (including phenoxy) is 1. The van der Waals surface area contributed by atoms with Gasteiger partial charge in [-0.1, -0.05) is 71.0 Å². The number of cyclic esters (lactones) is 1. The number of halogens is 1. The highest BCUT2D eigenvalue weighted by molar-refractivity contribution is 6.74. The SMILES string of the molecule is Cc1cn(C[C@H]2CN(c3ccc(-c4ccc(C5=CC(CO[Si](C)(C)C(C)(C)C)(CO[Si](C)(C)C(C)(C)C)ON5)cc4)c(F)c3)C(=O)O2)nn1. The molecule has 13 heteroatoms. The van der Waals surface area contributed by atoms with Crippen LogP contribution in [0.3, 0.4) is 0 Å². The van der Waals surface area contributed by atoms with Gasteiger partial charge in [0.05, 0.1) is 43.4 Å². The Balaban J connectivity index is 1.32. The van der Waals surface area contributed by atoms with Crippen molar-refractivity contribution in [2.75, 3.05) is 24.7 Å². The van der Waals surface area contributed by atoms with E-state index in [1.807, 2.05) is 31.2 Å². The monoisotopic (exact) mass is 709 g/mol. The molecule has 1 N–H and O–H groups in total. The van der Waals surface area contributed by atoms with Crippen LogP contribution in [0.2, 0.25) is 36.3 Å². The van der Waals surface area contributed by atoms with E-state index in [-0.39, 0.29) is 10.1 Å². The number of amides is 1. The van der Waals surface area contributed by atoms with E-state index >= 15 is 4.39 Å². The maximum absolute atomic E-state index is 15.5. The number of rotatable bonds is 11. The topological polar surface area (TPSA) is 100.0 Å². The predicted octanol–water partition coefficient (Wildman–Crippen LogP) is 8.08. The molecule has 0 saturated carbocycles. The lowest BCUT2D eigenvalue weighted by Gasteiger charge is -2.41. The number of nitrogens with zero attached hydrogens (tertiary/aromatic N) is 4. The van der Waals surface area contributed by atoms with Crippen molar-refractivity contribution < 1.29 is 27.6 Å². The normalized spacial score (nSPS) is 18.4. The fourth-order valence-corrected chi connectivity index (χ4v) is 7.18. The highest BCUT2D eigenvalue weighted by atomic mass is 28.4. The number of nitrogens with one attached hydrogen (secondary N) is 1. The average Bonchev–Trinajstić information content (AvgIpc) is 3.73. The molecule has 2 aliphatic heterocycles. The zero-order valence-corrected chi connectivity index (χ0v) is 32.8. The van der Waals surface area contributed by atoms with E-state index < -0.39 is 40.3 Å². The molecule has 10 nitrogen and oxygen atoms in total. The molecule has 5 rings (SSSR count). The Bertz CT molecular complexity index is 1660. The standard InChI is InChI=1S/C36H52FN5O5Si2/c1-25-20-41(40-38-25)21-29-22-42(33(43)46-29)28-16-17-30(31(37)18-28)26-12-14-27(15-13-26)32-19-36(47-39-32,23-44-48(8,9)34(2,3)4)24-45-49(10,11)35(5,6)7/h12-20,29,39H,21-24H2,1-11H3/t29-/m0/s1. The summed E-state index contributed by atoms with van der Waals surface area (Å²) in [5, 5.41) is 8.10. The number of hydroxylamine groups is 1. The minimum Gasteiger partial charge on any atom is -0.442 e. The van der Waals surface area contributed by atoms with Gasteiger partial charge in [-0.2, -0.15) is 0 Å². The summed E-state index contributed by atoms with van der Waals surface area (Å²) < 4.78 is 36.0. The van der Waals surface area contributed by atoms with Crippen molar-refractivity contribution in [1.82, 2.24) is 20.5 Å². The van der Waals surface area contributed by atoms with Crippen LogP contribution < -0.4 is 10.4 Å². The largest absolute Gasteiger partial charge is 0.442 e. The van der Waals surface area contributed by atoms with Crippen LogP contribution >= 0.6 is 0 Å². The van der Waals surface area contributed by atoms with Gasteiger partial charge in [0.25, 0.3) is 0 Å². The first kappa shape index (κ1) is 36.9. The second kappa shape index (κ2) is 13.4. The number of aryl methyl sites for hydroxylation is 1. The summed E-state index contributed by atoms with van der Waals surface area (Å²) >= 11 is 0. The number of carbonyl (C=O) groups excluding carboxylic acids is 1. The van der Waals surface area contributed by atoms with Gasteiger partial charge in [0.15, 0.2) is 22.2 Å². The Morgan fingerprint density at radius 1 is 0.959 bits per heavy atom. The molecule has 49 heavy (non-hydrogen) atoms. The van der Waals surface area contributed by atoms with Crippen LogP contribution in [0.25, 0.3) is 16.8 Å². The van der Waals surface area contributed by atoms with E-state index in [0.29, 0.717) is 43.1 Å². The predicted molar refractivity (Wildman–Crippen MR) is 195 cm³/mol. The number of hydrogen-bond acceptors (Lipinski definition) is 8. The van der Waals surface area contributed by atoms with Crippen molar-refractivity contribution in [3.05, 3.63) is 71.8 Å². The number of anilines is 1. The van der Waals surface area contributed by atoms with Crippen LogP contribution in [0.15, 0.2) is 54.7 Å². The quantitative estimate of drug-likeness (QED) is 0.200. The van der Waals surface area contributed by atoms with Crippen LogP contribution in [-0.4, -0.2) is 69.2 Å². The number of aromatic nitrogens is 3. The van der Waals surface area contributed by atoms with E-state index in [2.05, 4.69) is 89.6 Å². The van der Waals surface area contributed by atoms with Crippen LogP contribution in [-0.2, 0) is 25.0 Å². The van der Waals surface area contributed by atoms with E-state index in [1.54, 1.807) is 23.0 Å². The van der Waals surface area contributed by atoms with Gasteiger partial charge < -0.3 is 13.6 Å². The molecule has 266 valence electrons. The maximum atomic E-state index is 15.5. The highest BCUT2D eigenvalue weighted by Crippen LogP contribution is 2.41. The first-order valence-corrected chi connectivity index (χ1v) is 22.7. The van der Waals surface area contributed by atoms with Crippen LogP contribution in [0.5, 0.6) is 0 Å². The lowest BCUT2D eigenvalue weighted by molar-refractivity contribution is -0.0864. The first-order valence-electron chi connectivity index (χ1n) is 16.9. The molecule has 0 bridgehead atoms. The Morgan fingerprint density at radius 2 is 1.55 bits per heavy atom. The Labute approximate surface area is 292 Å². The number of carbonyl (C=O) groups is 1. The molecule has 3 heterocycles. The molecule has 0 unspecified atom stereocenters. The second-order valence-corrected chi connectivity index (χ2v) is 26.0. The second-order valence-electron chi connectivity index (χ2n) is 16.4. The Hall–Kier alpha value is -3.37. The summed E-state index contributed by atoms with van der Waals surface area (Å²) in [5.74, 6) is -0.431. The summed E-state index contributed by atoms with van der Waals surface area (Å²) in [7, 11) is -4.14. The van der Waals surface area contributed by atoms with Crippen molar-refractivity contribution in [3.63, 3.8) is 0 Å². The summed E-state index contributed by atoms with van der Waals surface area (Å²) in [4.78, 5) is 20.4. The lowest BCUT2D eigenvalue weighted by atomic mass is 10.00. The molecule has 1 amide bonds. The van der Waals surface area contributed by atoms with Gasteiger partial charge in [0.2, 0.25) is 0 Å². The molecule has 0 spiro atoms. The summed E-state index contributed by atoms with van der Waals surface area (Å²) in [6.07, 6.45) is 2.93. The van der Waals surface area contributed by atoms with Crippen molar-refractivity contribution in [2.45, 2.75) is 103 Å². The fraction of sp³-hybridized carbons (Fsp3) is 0.528. The molecular formula is C36H52FN5O5Si2. The van der Waals surface area contributed by atoms with Crippen molar-refractivity contribution >= 4 is 34.1 Å². The third kappa shape index (κ3) is 8.17. The van der Waals surface area contributed by atoms with E-state index in [0.717, 1.165) is 17.0 Å².